The molecule has 0 aliphatic carbocycles. The SMILES string of the molecule is CC1[NH2+]CCc2cc(CO)c(CO)cc21. The third-order valence-electron chi connectivity index (χ3n) is 3.23. The topological polar surface area (TPSA) is 57.1 Å². The maximum absolute atomic E-state index is 9.22. The average Bonchev–Trinajstić information content (AvgIpc) is 2.28. The lowest BCUT2D eigenvalue weighted by Gasteiger charge is -2.22. The molecular formula is C12H18NO2+. The van der Waals surface area contributed by atoms with Gasteiger partial charge in [-0.1, -0.05) is 6.07 Å². The number of aliphatic hydroxyl groups excluding tert-OH is 2. The van der Waals surface area contributed by atoms with Gasteiger partial charge in [0, 0.05) is 12.0 Å². The third-order valence-corrected chi connectivity index (χ3v) is 3.23. The maximum Gasteiger partial charge on any atom is 0.109 e. The monoisotopic (exact) mass is 208 g/mol. The van der Waals surface area contributed by atoms with E-state index in [1.54, 1.807) is 0 Å². The summed E-state index contributed by atoms with van der Waals surface area (Å²) in [6.45, 7) is 3.31. The number of benzene rings is 1. The molecule has 1 aliphatic heterocycles. The van der Waals surface area contributed by atoms with E-state index in [2.05, 4.69) is 12.2 Å². The minimum atomic E-state index is 0.00981. The van der Waals surface area contributed by atoms with Gasteiger partial charge in [-0.15, -0.1) is 0 Å². The number of hydrogen-bond acceptors (Lipinski definition) is 2. The Morgan fingerprint density at radius 1 is 1.27 bits per heavy atom. The van der Waals surface area contributed by atoms with Gasteiger partial charge < -0.3 is 15.5 Å². The van der Waals surface area contributed by atoms with Crippen molar-refractivity contribution in [2.75, 3.05) is 6.54 Å². The van der Waals surface area contributed by atoms with Crippen LogP contribution in [-0.4, -0.2) is 16.8 Å². The van der Waals surface area contributed by atoms with Crippen LogP contribution in [0.15, 0.2) is 12.1 Å². The molecule has 1 aromatic rings. The summed E-state index contributed by atoms with van der Waals surface area (Å²) >= 11 is 0. The number of fused-ring (bicyclic) bond motifs is 1. The first kappa shape index (κ1) is 10.6. The van der Waals surface area contributed by atoms with Gasteiger partial charge in [-0.2, -0.15) is 0 Å². The zero-order valence-electron chi connectivity index (χ0n) is 9.03. The van der Waals surface area contributed by atoms with Crippen LogP contribution in [0, 0.1) is 0 Å². The van der Waals surface area contributed by atoms with Gasteiger partial charge in [0.1, 0.15) is 6.04 Å². The Morgan fingerprint density at radius 3 is 2.60 bits per heavy atom. The van der Waals surface area contributed by atoms with Gasteiger partial charge >= 0.3 is 0 Å². The molecule has 0 amide bonds. The van der Waals surface area contributed by atoms with Crippen molar-refractivity contribution in [3.8, 4) is 0 Å². The molecule has 1 heterocycles. The molecule has 0 radical (unpaired) electrons. The average molecular weight is 208 g/mol. The van der Waals surface area contributed by atoms with Gasteiger partial charge in [0.25, 0.3) is 0 Å². The molecule has 1 unspecified atom stereocenters. The predicted octanol–water partition coefficient (Wildman–Crippen LogP) is -0.148. The normalized spacial score (nSPS) is 20.1. The minimum absolute atomic E-state index is 0.00981. The van der Waals surface area contributed by atoms with E-state index in [9.17, 15) is 10.2 Å². The van der Waals surface area contributed by atoms with Crippen LogP contribution in [0.5, 0.6) is 0 Å². The first-order valence-electron chi connectivity index (χ1n) is 5.46. The zero-order chi connectivity index (χ0) is 10.8. The van der Waals surface area contributed by atoms with Crippen LogP contribution in [-0.2, 0) is 19.6 Å². The second-order valence-electron chi connectivity index (χ2n) is 4.20. The van der Waals surface area contributed by atoms with Gasteiger partial charge in [-0.3, -0.25) is 0 Å². The number of quaternary nitrogens is 1. The summed E-state index contributed by atoms with van der Waals surface area (Å²) in [5.41, 5.74) is 4.36. The second-order valence-corrected chi connectivity index (χ2v) is 4.20. The molecule has 3 heteroatoms. The summed E-state index contributed by atoms with van der Waals surface area (Å²) in [6, 6.07) is 4.55. The number of nitrogens with two attached hydrogens (primary N) is 1. The molecule has 0 fully saturated rings. The first-order chi connectivity index (χ1) is 7.26. The van der Waals surface area contributed by atoms with Gasteiger partial charge in [-0.25, -0.2) is 0 Å². The molecule has 0 saturated carbocycles. The molecule has 2 rings (SSSR count). The van der Waals surface area contributed by atoms with Crippen LogP contribution in [0.25, 0.3) is 0 Å². The number of rotatable bonds is 2. The highest BCUT2D eigenvalue weighted by Gasteiger charge is 2.20. The Balaban J connectivity index is 2.48. The summed E-state index contributed by atoms with van der Waals surface area (Å²) in [4.78, 5) is 0. The zero-order valence-corrected chi connectivity index (χ0v) is 9.03. The van der Waals surface area contributed by atoms with Crippen molar-refractivity contribution in [2.24, 2.45) is 0 Å². The molecule has 0 spiro atoms. The van der Waals surface area contributed by atoms with Gasteiger partial charge in [0.2, 0.25) is 0 Å². The smallest absolute Gasteiger partial charge is 0.109 e. The summed E-state index contributed by atoms with van der Waals surface area (Å²) in [5, 5.41) is 20.7. The van der Waals surface area contributed by atoms with E-state index in [1.165, 1.54) is 11.1 Å². The molecule has 1 aliphatic rings. The van der Waals surface area contributed by atoms with Crippen molar-refractivity contribution in [1.82, 2.24) is 0 Å². The van der Waals surface area contributed by atoms with E-state index < -0.39 is 0 Å². The molecule has 1 aromatic carbocycles. The van der Waals surface area contributed by atoms with Crippen molar-refractivity contribution in [3.63, 3.8) is 0 Å². The Kier molecular flexibility index (Phi) is 3.05. The van der Waals surface area contributed by atoms with Crippen molar-refractivity contribution in [2.45, 2.75) is 32.6 Å². The van der Waals surface area contributed by atoms with Gasteiger partial charge in [-0.05, 0) is 29.7 Å². The standard InChI is InChI=1S/C12H17NO2/c1-8-12-5-11(7-15)10(6-14)4-9(12)2-3-13-8/h4-5,8,13-15H,2-3,6-7H2,1H3/p+1. The highest BCUT2D eigenvalue weighted by Crippen LogP contribution is 2.23. The van der Waals surface area contributed by atoms with Crippen molar-refractivity contribution < 1.29 is 15.5 Å². The van der Waals surface area contributed by atoms with Crippen LogP contribution in [0.4, 0.5) is 0 Å². The molecule has 0 bridgehead atoms. The van der Waals surface area contributed by atoms with Gasteiger partial charge in [0.05, 0.1) is 19.8 Å². The number of aliphatic hydroxyl groups is 2. The molecule has 4 N–H and O–H groups in total. The van der Waals surface area contributed by atoms with E-state index in [4.69, 9.17) is 0 Å². The predicted molar refractivity (Wildman–Crippen MR) is 57.2 cm³/mol. The molecule has 1 atom stereocenters. The van der Waals surface area contributed by atoms with Crippen LogP contribution >= 0.6 is 0 Å². The van der Waals surface area contributed by atoms with E-state index in [0.29, 0.717) is 6.04 Å². The summed E-state index contributed by atoms with van der Waals surface area (Å²) in [5.74, 6) is 0. The van der Waals surface area contributed by atoms with Crippen LogP contribution in [0.1, 0.15) is 35.2 Å². The van der Waals surface area contributed by atoms with Crippen molar-refractivity contribution in [3.05, 3.63) is 34.4 Å². The molecule has 0 aromatic heterocycles. The Bertz CT molecular complexity index is 363. The molecule has 15 heavy (non-hydrogen) atoms. The van der Waals surface area contributed by atoms with E-state index >= 15 is 0 Å². The minimum Gasteiger partial charge on any atom is -0.392 e. The maximum atomic E-state index is 9.22. The van der Waals surface area contributed by atoms with Crippen LogP contribution < -0.4 is 5.32 Å². The first-order valence-corrected chi connectivity index (χ1v) is 5.46. The van der Waals surface area contributed by atoms with E-state index in [1.807, 2.05) is 12.1 Å². The summed E-state index contributed by atoms with van der Waals surface area (Å²) in [6.07, 6.45) is 1.05. The molecule has 3 nitrogen and oxygen atoms in total. The molecule has 82 valence electrons. The Hall–Kier alpha value is -0.900. The van der Waals surface area contributed by atoms with Crippen molar-refractivity contribution in [1.29, 1.82) is 0 Å². The molecular weight excluding hydrogens is 190 g/mol. The highest BCUT2D eigenvalue weighted by molar-refractivity contribution is 5.39. The highest BCUT2D eigenvalue weighted by atomic mass is 16.3. The number of hydrogen-bond donors (Lipinski definition) is 3. The lowest BCUT2D eigenvalue weighted by atomic mass is 9.91. The lowest BCUT2D eigenvalue weighted by molar-refractivity contribution is -0.695. The van der Waals surface area contributed by atoms with Crippen LogP contribution in [0.3, 0.4) is 0 Å². The fourth-order valence-electron chi connectivity index (χ4n) is 2.31. The second kappa shape index (κ2) is 4.31. The van der Waals surface area contributed by atoms with Crippen molar-refractivity contribution >= 4 is 0 Å². The Labute approximate surface area is 89.8 Å². The third kappa shape index (κ3) is 1.91. The Morgan fingerprint density at radius 2 is 1.93 bits per heavy atom. The lowest BCUT2D eigenvalue weighted by Crippen LogP contribution is -2.86. The van der Waals surface area contributed by atoms with E-state index in [0.717, 1.165) is 24.1 Å². The quantitative estimate of drug-likeness (QED) is 0.633. The summed E-state index contributed by atoms with van der Waals surface area (Å²) < 4.78 is 0. The fraction of sp³-hybridized carbons (Fsp3) is 0.500. The van der Waals surface area contributed by atoms with Crippen LogP contribution in [0.2, 0.25) is 0 Å². The van der Waals surface area contributed by atoms with Gasteiger partial charge in [0.15, 0.2) is 0 Å². The largest absolute Gasteiger partial charge is 0.392 e. The van der Waals surface area contributed by atoms with E-state index in [-0.39, 0.29) is 13.2 Å². The molecule has 0 saturated heterocycles. The fourth-order valence-corrected chi connectivity index (χ4v) is 2.31. The summed E-state index contributed by atoms with van der Waals surface area (Å²) in [7, 11) is 0.